The number of pyridine rings is 3. The van der Waals surface area contributed by atoms with Crippen LogP contribution in [0, 0.1) is 53.6 Å². The summed E-state index contributed by atoms with van der Waals surface area (Å²) in [6.07, 6.45) is 3.42. The van der Waals surface area contributed by atoms with Gasteiger partial charge >= 0.3 is 0 Å². The third kappa shape index (κ3) is 7.07. The fourth-order valence-electron chi connectivity index (χ4n) is 6.12. The third-order valence-corrected chi connectivity index (χ3v) is 8.83. The smallest absolute Gasteiger partial charge is 0.216 e. The molecule has 0 atom stereocenters. The molecule has 4 nitrogen and oxygen atoms in total. The van der Waals surface area contributed by atoms with E-state index < -0.39 is 6.85 Å². The summed E-state index contributed by atoms with van der Waals surface area (Å²) in [5, 5.41) is 1.77. The maximum Gasteiger partial charge on any atom is 0.216 e. The van der Waals surface area contributed by atoms with Crippen LogP contribution in [-0.4, -0.2) is 15.0 Å². The predicted molar refractivity (Wildman–Crippen MR) is 201 cm³/mol. The number of aromatic nitrogens is 3. The SMILES string of the molecule is Cc1c[c-]c(-c2cc(C)c(C)cn2)cc1.[2H]C([2H])([2H])c1ccnc(-c2[c-]ccc3c2oc2nc(-c4c(C)cc(-c5ccccc5)cc4C)ccc23)c1.[Ir]. The summed E-state index contributed by atoms with van der Waals surface area (Å²) in [7, 11) is 0. The van der Waals surface area contributed by atoms with Crippen molar-refractivity contribution in [3.63, 3.8) is 0 Å². The Labute approximate surface area is 311 Å². The van der Waals surface area contributed by atoms with Crippen LogP contribution < -0.4 is 0 Å². The van der Waals surface area contributed by atoms with Gasteiger partial charge in [-0.1, -0.05) is 83.6 Å². The van der Waals surface area contributed by atoms with Gasteiger partial charge in [0, 0.05) is 47.6 Å². The fraction of sp³-hybridized carbons (Fsp3) is 0.133. The number of aryl methyl sites for hydroxylation is 6. The van der Waals surface area contributed by atoms with Gasteiger partial charge in [-0.05, 0) is 92.0 Å². The molecule has 0 fully saturated rings. The minimum atomic E-state index is -2.22. The Morgan fingerprint density at radius 1 is 0.640 bits per heavy atom. The maximum atomic E-state index is 7.75. The molecule has 4 heterocycles. The van der Waals surface area contributed by atoms with Crippen LogP contribution in [0.5, 0.6) is 0 Å². The van der Waals surface area contributed by atoms with Crippen molar-refractivity contribution in [1.29, 1.82) is 0 Å². The second-order valence-electron chi connectivity index (χ2n) is 12.5. The average Bonchev–Trinajstić information content (AvgIpc) is 3.51. The molecule has 0 aliphatic carbocycles. The summed E-state index contributed by atoms with van der Waals surface area (Å²) in [4.78, 5) is 13.7. The zero-order valence-corrected chi connectivity index (χ0v) is 30.9. The number of rotatable bonds is 4. The molecule has 8 aromatic rings. The van der Waals surface area contributed by atoms with Gasteiger partial charge in [0.1, 0.15) is 0 Å². The van der Waals surface area contributed by atoms with Crippen molar-refractivity contribution in [3.05, 3.63) is 161 Å². The summed E-state index contributed by atoms with van der Waals surface area (Å²) in [6.45, 7) is 8.24. The molecule has 249 valence electrons. The Kier molecular flexibility index (Phi) is 9.07. The molecule has 4 aromatic heterocycles. The molecule has 0 saturated carbocycles. The quantitative estimate of drug-likeness (QED) is 0.166. The fourth-order valence-corrected chi connectivity index (χ4v) is 6.12. The number of nitrogens with zero attached hydrogens (tertiary/aromatic N) is 3. The monoisotopic (exact) mass is 831 g/mol. The van der Waals surface area contributed by atoms with Crippen molar-refractivity contribution >= 4 is 22.1 Å². The van der Waals surface area contributed by atoms with E-state index in [0.717, 1.165) is 44.4 Å². The van der Waals surface area contributed by atoms with E-state index in [9.17, 15) is 0 Å². The van der Waals surface area contributed by atoms with Crippen LogP contribution in [0.4, 0.5) is 0 Å². The van der Waals surface area contributed by atoms with Gasteiger partial charge in [-0.15, -0.1) is 53.6 Å². The molecular weight excluding hydrogens is 791 g/mol. The van der Waals surface area contributed by atoms with Crippen molar-refractivity contribution in [1.82, 2.24) is 15.0 Å². The summed E-state index contributed by atoms with van der Waals surface area (Å²) >= 11 is 0. The van der Waals surface area contributed by atoms with Crippen molar-refractivity contribution < 1.29 is 28.6 Å². The van der Waals surface area contributed by atoms with Crippen molar-refractivity contribution in [2.45, 2.75) is 41.5 Å². The van der Waals surface area contributed by atoms with E-state index in [-0.39, 0.29) is 25.7 Å². The summed E-state index contributed by atoms with van der Waals surface area (Å²) in [5.74, 6) is 0. The Bertz CT molecular complexity index is 2540. The third-order valence-electron chi connectivity index (χ3n) is 8.83. The van der Waals surface area contributed by atoms with Crippen LogP contribution in [0.25, 0.3) is 67.0 Å². The molecule has 0 aliphatic rings. The Balaban J connectivity index is 0.000000252. The molecule has 0 aliphatic heterocycles. The molecule has 0 amide bonds. The summed E-state index contributed by atoms with van der Waals surface area (Å²) in [6, 6.07) is 40.3. The second-order valence-corrected chi connectivity index (χ2v) is 12.5. The van der Waals surface area contributed by atoms with Gasteiger partial charge in [0.15, 0.2) is 0 Å². The topological polar surface area (TPSA) is 51.8 Å². The van der Waals surface area contributed by atoms with Gasteiger partial charge in [-0.2, -0.15) is 0 Å². The molecule has 50 heavy (non-hydrogen) atoms. The normalized spacial score (nSPS) is 12.0. The number of fused-ring (bicyclic) bond motifs is 3. The second kappa shape index (κ2) is 14.7. The zero-order chi connectivity index (χ0) is 36.6. The predicted octanol–water partition coefficient (Wildman–Crippen LogP) is 11.6. The number of hydrogen-bond donors (Lipinski definition) is 0. The Hall–Kier alpha value is -5.22. The minimum absolute atomic E-state index is 0. The van der Waals surface area contributed by atoms with Gasteiger partial charge < -0.3 is 14.4 Å². The van der Waals surface area contributed by atoms with E-state index in [2.05, 4.69) is 99.2 Å². The average molecular weight is 831 g/mol. The van der Waals surface area contributed by atoms with Crippen LogP contribution in [0.15, 0.2) is 120 Å². The van der Waals surface area contributed by atoms with E-state index in [1.54, 1.807) is 12.1 Å². The standard InChI is InChI=1S/C31H23N2O.C14H14N.Ir/c1-19-14-15-32-28(16-19)26-11-7-10-24-25-12-13-27(33-31(25)34-30(24)26)29-20(2)17-23(18-21(29)3)22-8-5-4-6-9-22;1-10-4-6-13(7-5-10)14-8-11(2)12(3)9-15-14;/h4-10,12-18H,1-3H3;4-6,8-9H,1-3H3;/q2*-1;/i1D3;;. The molecule has 0 N–H and O–H groups in total. The Morgan fingerprint density at radius 2 is 1.44 bits per heavy atom. The van der Waals surface area contributed by atoms with E-state index in [1.165, 1.54) is 40.1 Å². The van der Waals surface area contributed by atoms with Crippen LogP contribution in [0.2, 0.25) is 0 Å². The van der Waals surface area contributed by atoms with Crippen LogP contribution in [0.1, 0.15) is 37.5 Å². The van der Waals surface area contributed by atoms with E-state index in [4.69, 9.17) is 13.5 Å². The molecular formula is C45H37IrN3O-2. The van der Waals surface area contributed by atoms with E-state index in [1.807, 2.05) is 48.7 Å². The Morgan fingerprint density at radius 3 is 2.16 bits per heavy atom. The van der Waals surface area contributed by atoms with Crippen molar-refractivity contribution in [2.75, 3.05) is 0 Å². The molecule has 0 unspecified atom stereocenters. The summed E-state index contributed by atoms with van der Waals surface area (Å²) < 4.78 is 29.5. The molecule has 4 aromatic carbocycles. The van der Waals surface area contributed by atoms with Gasteiger partial charge in [-0.25, -0.2) is 4.98 Å². The molecule has 0 bridgehead atoms. The maximum absolute atomic E-state index is 7.75. The minimum Gasteiger partial charge on any atom is -0.486 e. The molecule has 1 radical (unpaired) electrons. The van der Waals surface area contributed by atoms with Gasteiger partial charge in [0.05, 0.1) is 11.3 Å². The van der Waals surface area contributed by atoms with Crippen LogP contribution in [-0.2, 0) is 20.1 Å². The van der Waals surface area contributed by atoms with Crippen LogP contribution in [0.3, 0.4) is 0 Å². The van der Waals surface area contributed by atoms with Gasteiger partial charge in [0.2, 0.25) is 5.71 Å². The first kappa shape index (κ1) is 30.8. The zero-order valence-electron chi connectivity index (χ0n) is 31.6. The first-order chi connectivity index (χ1) is 25.0. The van der Waals surface area contributed by atoms with E-state index in [0.29, 0.717) is 22.6 Å². The molecule has 0 saturated heterocycles. The number of benzene rings is 4. The first-order valence-corrected chi connectivity index (χ1v) is 16.3. The van der Waals surface area contributed by atoms with Gasteiger partial charge in [0.25, 0.3) is 0 Å². The van der Waals surface area contributed by atoms with Gasteiger partial charge in [-0.3, -0.25) is 0 Å². The van der Waals surface area contributed by atoms with Crippen molar-refractivity contribution in [2.24, 2.45) is 0 Å². The number of furan rings is 1. The van der Waals surface area contributed by atoms with Crippen molar-refractivity contribution in [3.8, 4) is 44.9 Å². The largest absolute Gasteiger partial charge is 0.486 e. The van der Waals surface area contributed by atoms with E-state index >= 15 is 0 Å². The number of hydrogen-bond acceptors (Lipinski definition) is 4. The molecule has 8 rings (SSSR count). The molecule has 5 heteroatoms. The first-order valence-electron chi connectivity index (χ1n) is 17.8. The molecule has 0 spiro atoms. The summed E-state index contributed by atoms with van der Waals surface area (Å²) in [5.41, 5.74) is 14.8. The van der Waals surface area contributed by atoms with Crippen LogP contribution >= 0.6 is 0 Å².